The van der Waals surface area contributed by atoms with Gasteiger partial charge >= 0.3 is 0 Å². The zero-order chi connectivity index (χ0) is 25.7. The van der Waals surface area contributed by atoms with Gasteiger partial charge < -0.3 is 9.88 Å². The quantitative estimate of drug-likeness (QED) is 0.244. The van der Waals surface area contributed by atoms with Crippen molar-refractivity contribution < 1.29 is 4.79 Å². The van der Waals surface area contributed by atoms with Crippen LogP contribution in [-0.4, -0.2) is 19.9 Å². The standard InChI is InChI=1S/C29H35N5O2/c1-4-5-6-7-8-9-16-33-25(30)23(28(35)31-19-22-14-12-20(2)13-15-22)18-24-27(33)32-26-21(3)11-10-17-34(26)29(24)36/h10-15,17-18,30H,4-9,16,19H2,1-3H3,(H,31,35). The van der Waals surface area contributed by atoms with E-state index in [1.165, 1.54) is 29.7 Å². The number of carbonyl (C=O) groups is 1. The predicted molar refractivity (Wildman–Crippen MR) is 143 cm³/mol. The van der Waals surface area contributed by atoms with Crippen molar-refractivity contribution in [1.82, 2.24) is 19.3 Å². The van der Waals surface area contributed by atoms with E-state index in [0.717, 1.165) is 36.0 Å². The summed E-state index contributed by atoms with van der Waals surface area (Å²) < 4.78 is 3.26. The van der Waals surface area contributed by atoms with Gasteiger partial charge in [-0.15, -0.1) is 0 Å². The molecule has 0 fully saturated rings. The molecule has 4 rings (SSSR count). The summed E-state index contributed by atoms with van der Waals surface area (Å²) in [7, 11) is 0. The predicted octanol–water partition coefficient (Wildman–Crippen LogP) is 5.04. The maximum absolute atomic E-state index is 13.5. The number of aryl methyl sites for hydroxylation is 3. The Morgan fingerprint density at radius 3 is 2.47 bits per heavy atom. The lowest BCUT2D eigenvalue weighted by Gasteiger charge is -2.15. The number of hydrogen-bond acceptors (Lipinski definition) is 4. The molecule has 0 bridgehead atoms. The van der Waals surface area contributed by atoms with Gasteiger partial charge in [-0.1, -0.05) is 74.9 Å². The van der Waals surface area contributed by atoms with E-state index in [1.807, 2.05) is 50.2 Å². The smallest absolute Gasteiger partial charge is 0.267 e. The molecule has 0 atom stereocenters. The second-order valence-electron chi connectivity index (χ2n) is 9.53. The fourth-order valence-electron chi connectivity index (χ4n) is 4.52. The fourth-order valence-corrected chi connectivity index (χ4v) is 4.52. The van der Waals surface area contributed by atoms with Crippen molar-refractivity contribution in [3.8, 4) is 0 Å². The highest BCUT2D eigenvalue weighted by atomic mass is 16.1. The summed E-state index contributed by atoms with van der Waals surface area (Å²) in [6, 6.07) is 13.2. The number of aromatic nitrogens is 3. The molecule has 0 aliphatic rings. The summed E-state index contributed by atoms with van der Waals surface area (Å²) in [4.78, 5) is 31.5. The number of nitrogens with zero attached hydrogens (tertiary/aromatic N) is 3. The fraction of sp³-hybridized carbons (Fsp3) is 0.379. The summed E-state index contributed by atoms with van der Waals surface area (Å²) in [5.74, 6) is -0.368. The molecule has 0 saturated heterocycles. The van der Waals surface area contributed by atoms with Gasteiger partial charge in [-0.25, -0.2) is 4.98 Å². The average Bonchev–Trinajstić information content (AvgIpc) is 2.87. The Balaban J connectivity index is 1.73. The zero-order valence-electron chi connectivity index (χ0n) is 21.4. The van der Waals surface area contributed by atoms with Gasteiger partial charge in [-0.3, -0.25) is 19.4 Å². The van der Waals surface area contributed by atoms with Crippen LogP contribution in [0.1, 0.15) is 72.5 Å². The van der Waals surface area contributed by atoms with Crippen LogP contribution >= 0.6 is 0 Å². The molecule has 7 nitrogen and oxygen atoms in total. The molecule has 0 unspecified atom stereocenters. The minimum Gasteiger partial charge on any atom is -0.348 e. The van der Waals surface area contributed by atoms with Gasteiger partial charge in [0, 0.05) is 19.3 Å². The first-order valence-corrected chi connectivity index (χ1v) is 12.8. The molecule has 188 valence electrons. The second-order valence-corrected chi connectivity index (χ2v) is 9.53. The van der Waals surface area contributed by atoms with E-state index < -0.39 is 0 Å². The molecule has 3 aromatic heterocycles. The van der Waals surface area contributed by atoms with Crippen LogP contribution in [0.3, 0.4) is 0 Å². The van der Waals surface area contributed by atoms with E-state index in [-0.39, 0.29) is 22.5 Å². The Labute approximate surface area is 211 Å². The summed E-state index contributed by atoms with van der Waals surface area (Å²) in [6.45, 7) is 7.02. The first-order chi connectivity index (χ1) is 17.4. The molecule has 0 radical (unpaired) electrons. The molecule has 0 spiro atoms. The number of unbranched alkanes of at least 4 members (excludes halogenated alkanes) is 5. The van der Waals surface area contributed by atoms with Gasteiger partial charge in [0.2, 0.25) is 0 Å². The number of benzene rings is 1. The van der Waals surface area contributed by atoms with Crippen LogP contribution in [0, 0.1) is 19.3 Å². The molecule has 0 saturated carbocycles. The number of pyridine rings is 2. The second kappa shape index (κ2) is 11.3. The van der Waals surface area contributed by atoms with Crippen LogP contribution in [0.25, 0.3) is 16.7 Å². The van der Waals surface area contributed by atoms with Crippen molar-refractivity contribution in [2.75, 3.05) is 0 Å². The van der Waals surface area contributed by atoms with Crippen LogP contribution < -0.4 is 16.4 Å². The lowest BCUT2D eigenvalue weighted by atomic mass is 10.1. The summed E-state index contributed by atoms with van der Waals surface area (Å²) in [6.07, 6.45) is 8.33. The van der Waals surface area contributed by atoms with E-state index in [9.17, 15) is 9.59 Å². The first-order valence-electron chi connectivity index (χ1n) is 12.8. The van der Waals surface area contributed by atoms with E-state index in [4.69, 9.17) is 10.4 Å². The van der Waals surface area contributed by atoms with Crippen LogP contribution in [0.5, 0.6) is 0 Å². The van der Waals surface area contributed by atoms with E-state index in [2.05, 4.69) is 12.2 Å². The molecule has 3 heterocycles. The lowest BCUT2D eigenvalue weighted by Crippen LogP contribution is -2.35. The highest BCUT2D eigenvalue weighted by Gasteiger charge is 2.18. The van der Waals surface area contributed by atoms with Crippen molar-refractivity contribution in [3.63, 3.8) is 0 Å². The maximum Gasteiger partial charge on any atom is 0.267 e. The Morgan fingerprint density at radius 2 is 1.72 bits per heavy atom. The van der Waals surface area contributed by atoms with Crippen LogP contribution in [-0.2, 0) is 13.1 Å². The topological polar surface area (TPSA) is 92.2 Å². The third kappa shape index (κ3) is 5.40. The minimum absolute atomic E-state index is 0.0855. The van der Waals surface area contributed by atoms with Gasteiger partial charge in [-0.05, 0) is 43.5 Å². The largest absolute Gasteiger partial charge is 0.348 e. The number of amides is 1. The lowest BCUT2D eigenvalue weighted by molar-refractivity contribution is 0.0948. The Bertz CT molecular complexity index is 1500. The van der Waals surface area contributed by atoms with Crippen molar-refractivity contribution >= 4 is 22.6 Å². The minimum atomic E-state index is -0.368. The van der Waals surface area contributed by atoms with Gasteiger partial charge in [-0.2, -0.15) is 0 Å². The van der Waals surface area contributed by atoms with Crippen molar-refractivity contribution in [3.05, 3.63) is 86.8 Å². The molecule has 7 heteroatoms. The highest BCUT2D eigenvalue weighted by molar-refractivity contribution is 5.96. The first kappa shape index (κ1) is 25.4. The normalized spacial score (nSPS) is 11.3. The van der Waals surface area contributed by atoms with Crippen LogP contribution in [0.15, 0.2) is 53.5 Å². The van der Waals surface area contributed by atoms with Crippen molar-refractivity contribution in [1.29, 1.82) is 5.41 Å². The molecule has 2 N–H and O–H groups in total. The van der Waals surface area contributed by atoms with Crippen molar-refractivity contribution in [2.24, 2.45) is 0 Å². The summed E-state index contributed by atoms with van der Waals surface area (Å²) >= 11 is 0. The number of nitrogens with one attached hydrogen (secondary N) is 2. The molecule has 36 heavy (non-hydrogen) atoms. The Hall–Kier alpha value is -3.74. The van der Waals surface area contributed by atoms with Gasteiger partial charge in [0.1, 0.15) is 16.8 Å². The molecular weight excluding hydrogens is 450 g/mol. The maximum atomic E-state index is 13.5. The zero-order valence-corrected chi connectivity index (χ0v) is 21.4. The third-order valence-corrected chi connectivity index (χ3v) is 6.69. The van der Waals surface area contributed by atoms with Gasteiger partial charge in [0.05, 0.1) is 10.9 Å². The Kier molecular flexibility index (Phi) is 7.98. The van der Waals surface area contributed by atoms with Crippen LogP contribution in [0.2, 0.25) is 0 Å². The van der Waals surface area contributed by atoms with Gasteiger partial charge in [0.15, 0.2) is 0 Å². The number of carbonyl (C=O) groups excluding carboxylic acids is 1. The molecule has 4 aromatic rings. The van der Waals surface area contributed by atoms with E-state index in [1.54, 1.807) is 10.8 Å². The SMILES string of the molecule is CCCCCCCCn1c(=N)c(C(=O)NCc2ccc(C)cc2)cc2c(=O)n3cccc(C)c3nc21. The van der Waals surface area contributed by atoms with E-state index >= 15 is 0 Å². The molecular formula is C29H35N5O2. The van der Waals surface area contributed by atoms with E-state index in [0.29, 0.717) is 29.8 Å². The molecule has 0 aliphatic heterocycles. The number of rotatable bonds is 10. The Morgan fingerprint density at radius 1 is 1.00 bits per heavy atom. The number of fused-ring (bicyclic) bond motifs is 2. The molecule has 1 aromatic carbocycles. The van der Waals surface area contributed by atoms with Gasteiger partial charge in [0.25, 0.3) is 11.5 Å². The monoisotopic (exact) mass is 485 g/mol. The average molecular weight is 486 g/mol. The summed E-state index contributed by atoms with van der Waals surface area (Å²) in [5, 5.41) is 12.2. The molecule has 1 amide bonds. The number of hydrogen-bond donors (Lipinski definition) is 2. The highest BCUT2D eigenvalue weighted by Crippen LogP contribution is 2.14. The molecule has 0 aliphatic carbocycles. The van der Waals surface area contributed by atoms with Crippen LogP contribution in [0.4, 0.5) is 0 Å². The van der Waals surface area contributed by atoms with Crippen molar-refractivity contribution in [2.45, 2.75) is 72.4 Å². The summed E-state index contributed by atoms with van der Waals surface area (Å²) in [5.41, 5.74) is 4.08. The third-order valence-electron chi connectivity index (χ3n) is 6.69.